The van der Waals surface area contributed by atoms with Gasteiger partial charge in [-0.1, -0.05) is 257 Å². The van der Waals surface area contributed by atoms with Crippen LogP contribution in [0.25, 0.3) is 98.0 Å². The summed E-state index contributed by atoms with van der Waals surface area (Å²) < 4.78 is 0. The summed E-state index contributed by atoms with van der Waals surface area (Å²) in [5.74, 6) is 0. The molecule has 0 aliphatic heterocycles. The second kappa shape index (κ2) is 15.1. The molecule has 0 atom stereocenters. The van der Waals surface area contributed by atoms with Gasteiger partial charge in [-0.05, 0) is 98.0 Å². The van der Waals surface area contributed by atoms with Crippen LogP contribution >= 0.6 is 0 Å². The molecule has 318 valence electrons. The van der Waals surface area contributed by atoms with Gasteiger partial charge in [-0.25, -0.2) is 0 Å². The van der Waals surface area contributed by atoms with Crippen molar-refractivity contribution in [2.45, 2.75) is 78.6 Å². The summed E-state index contributed by atoms with van der Waals surface area (Å²) in [4.78, 5) is 0. The van der Waals surface area contributed by atoms with Crippen LogP contribution in [0.4, 0.5) is 0 Å². The molecule has 0 fully saturated rings. The van der Waals surface area contributed by atoms with Crippen LogP contribution in [0.15, 0.2) is 158 Å². The third-order valence-corrected chi connectivity index (χ3v) is 22.2. The average Bonchev–Trinajstić information content (AvgIpc) is 3.25. The Morgan fingerprint density at radius 3 is 0.797 bits per heavy atom. The smallest absolute Gasteiger partial charge is 0.0656 e. The molecule has 0 saturated carbocycles. The summed E-state index contributed by atoms with van der Waals surface area (Å²) in [6.45, 7) is 30.0. The van der Waals surface area contributed by atoms with Gasteiger partial charge in [-0.3, -0.25) is 0 Å². The van der Waals surface area contributed by atoms with Gasteiger partial charge in [0.15, 0.2) is 0 Å². The van der Waals surface area contributed by atoms with Crippen LogP contribution in [-0.2, 0) is 0 Å². The molecule has 0 aliphatic rings. The van der Waals surface area contributed by atoms with Crippen LogP contribution in [0.1, 0.15) is 0 Å². The highest BCUT2D eigenvalue weighted by molar-refractivity contribution is 6.90. The molecule has 10 aromatic carbocycles. The molecular formula is C60H62Si4. The van der Waals surface area contributed by atoms with Gasteiger partial charge in [-0.15, -0.1) is 0 Å². The predicted octanol–water partition coefficient (Wildman–Crippen LogP) is 15.8. The van der Waals surface area contributed by atoms with E-state index in [-0.39, 0.29) is 0 Å². The van der Waals surface area contributed by atoms with Gasteiger partial charge in [0.2, 0.25) is 0 Å². The summed E-state index contributed by atoms with van der Waals surface area (Å²) in [5, 5.41) is 22.0. The highest BCUT2D eigenvalue weighted by Gasteiger charge is 2.29. The van der Waals surface area contributed by atoms with E-state index in [1.165, 1.54) is 119 Å². The van der Waals surface area contributed by atoms with E-state index in [0.717, 1.165) is 0 Å². The molecule has 64 heavy (non-hydrogen) atoms. The van der Waals surface area contributed by atoms with Gasteiger partial charge in [0.1, 0.15) is 0 Å². The fraction of sp³-hybridized carbons (Fsp3) is 0.200. The van der Waals surface area contributed by atoms with Gasteiger partial charge >= 0.3 is 0 Å². The van der Waals surface area contributed by atoms with Crippen molar-refractivity contribution < 1.29 is 0 Å². The SMILES string of the molecule is C[Si](C)(C)c1ccc2c(-c3c4ccc([Si](C)(C)C)cc4c(-c4cccc5ccccc45)c4ccc([Si](C)(C)C)cc34)c3cc([Si](C)(C)C)ccc3c(-c3cccc4ccccc34)c2c1. The minimum absolute atomic E-state index is 1.28. The highest BCUT2D eigenvalue weighted by Crippen LogP contribution is 2.51. The fourth-order valence-corrected chi connectivity index (χ4v) is 15.0. The topological polar surface area (TPSA) is 0 Å². The molecule has 10 rings (SSSR count). The Labute approximate surface area is 385 Å². The molecule has 0 unspecified atom stereocenters. The largest absolute Gasteiger partial charge is 0.0776 e. The third kappa shape index (κ3) is 7.14. The molecule has 4 heteroatoms. The predicted molar refractivity (Wildman–Crippen MR) is 300 cm³/mol. The third-order valence-electron chi connectivity index (χ3n) is 14.1. The van der Waals surface area contributed by atoms with Crippen LogP contribution in [-0.4, -0.2) is 32.3 Å². The molecule has 0 aliphatic carbocycles. The Bertz CT molecular complexity index is 3280. The van der Waals surface area contributed by atoms with Gasteiger partial charge in [0.25, 0.3) is 0 Å². The van der Waals surface area contributed by atoms with Gasteiger partial charge in [-0.2, -0.15) is 0 Å². The first-order valence-electron chi connectivity index (χ1n) is 23.3. The molecule has 0 radical (unpaired) electrons. The van der Waals surface area contributed by atoms with Crippen molar-refractivity contribution in [3.63, 3.8) is 0 Å². The molecule has 0 spiro atoms. The van der Waals surface area contributed by atoms with E-state index < -0.39 is 32.3 Å². The Hall–Kier alpha value is -5.37. The summed E-state index contributed by atoms with van der Waals surface area (Å²) in [6, 6.07) is 62.3. The number of rotatable bonds is 7. The number of hydrogen-bond donors (Lipinski definition) is 0. The van der Waals surface area contributed by atoms with Crippen LogP contribution < -0.4 is 20.7 Å². The van der Waals surface area contributed by atoms with Crippen molar-refractivity contribution in [1.29, 1.82) is 0 Å². The summed E-state index contributed by atoms with van der Waals surface area (Å²) >= 11 is 0. The van der Waals surface area contributed by atoms with Gasteiger partial charge in [0, 0.05) is 0 Å². The second-order valence-electron chi connectivity index (χ2n) is 22.6. The first-order chi connectivity index (χ1) is 30.3. The maximum Gasteiger partial charge on any atom is 0.0776 e. The summed E-state index contributed by atoms with van der Waals surface area (Å²) in [5.41, 5.74) is 8.10. The fourth-order valence-electron chi connectivity index (χ4n) is 10.3. The lowest BCUT2D eigenvalue weighted by atomic mass is 9.80. The molecule has 0 bridgehead atoms. The van der Waals surface area contributed by atoms with Gasteiger partial charge in [0.05, 0.1) is 32.3 Å². The van der Waals surface area contributed by atoms with E-state index in [9.17, 15) is 0 Å². The van der Waals surface area contributed by atoms with E-state index in [4.69, 9.17) is 0 Å². The van der Waals surface area contributed by atoms with Crippen molar-refractivity contribution in [2.24, 2.45) is 0 Å². The number of fused-ring (bicyclic) bond motifs is 6. The van der Waals surface area contributed by atoms with E-state index >= 15 is 0 Å². The molecule has 0 N–H and O–H groups in total. The zero-order valence-electron chi connectivity index (χ0n) is 40.0. The Balaban J connectivity index is 1.50. The standard InChI is InChI=1S/C60H62Si4/c1-61(2,3)41-29-33-51-53(35-41)57(47-25-17-21-39-19-13-15-23-45(39)47)49-31-27-43(63(7,8)9)37-55(49)59(51)60-52-34-30-42(62(4,5)6)36-54(52)58(48-26-18-22-40-20-14-16-24-46(40)48)50-32-28-44(38-56(50)60)64(10,11)12/h13-38H,1-12H3. The minimum atomic E-state index is -1.75. The van der Waals surface area contributed by atoms with Gasteiger partial charge < -0.3 is 0 Å². The number of benzene rings is 10. The Morgan fingerprint density at radius 1 is 0.219 bits per heavy atom. The van der Waals surface area contributed by atoms with E-state index in [2.05, 4.69) is 236 Å². The molecular weight excluding hydrogens is 833 g/mol. The second-order valence-corrected chi connectivity index (χ2v) is 42.9. The molecule has 0 amide bonds. The van der Waals surface area contributed by atoms with Crippen molar-refractivity contribution in [3.05, 3.63) is 158 Å². The van der Waals surface area contributed by atoms with Crippen LogP contribution in [0.2, 0.25) is 78.6 Å². The minimum Gasteiger partial charge on any atom is -0.0656 e. The average molecular weight is 895 g/mol. The molecule has 0 nitrogen and oxygen atoms in total. The van der Waals surface area contributed by atoms with E-state index in [1.54, 1.807) is 0 Å². The maximum absolute atomic E-state index is 2.63. The molecule has 0 aromatic heterocycles. The first kappa shape index (κ1) is 42.6. The first-order valence-corrected chi connectivity index (χ1v) is 37.3. The zero-order valence-corrected chi connectivity index (χ0v) is 44.0. The van der Waals surface area contributed by atoms with E-state index in [0.29, 0.717) is 0 Å². The van der Waals surface area contributed by atoms with Crippen LogP contribution in [0, 0.1) is 0 Å². The Morgan fingerprint density at radius 2 is 0.484 bits per heavy atom. The summed E-state index contributed by atoms with van der Waals surface area (Å²) in [7, 11) is -6.94. The lowest BCUT2D eigenvalue weighted by Crippen LogP contribution is -2.37. The zero-order chi connectivity index (χ0) is 45.1. The summed E-state index contributed by atoms with van der Waals surface area (Å²) in [6.07, 6.45) is 0. The molecule has 10 aromatic rings. The van der Waals surface area contributed by atoms with Crippen LogP contribution in [0.3, 0.4) is 0 Å². The van der Waals surface area contributed by atoms with Crippen molar-refractivity contribution >= 4 is 118 Å². The van der Waals surface area contributed by atoms with Crippen LogP contribution in [0.5, 0.6) is 0 Å². The van der Waals surface area contributed by atoms with E-state index in [1.807, 2.05) is 0 Å². The Kier molecular flexibility index (Phi) is 10.0. The highest BCUT2D eigenvalue weighted by atomic mass is 28.3. The molecule has 0 saturated heterocycles. The lowest BCUT2D eigenvalue weighted by Gasteiger charge is -2.27. The number of hydrogen-bond acceptors (Lipinski definition) is 0. The van der Waals surface area contributed by atoms with Crippen molar-refractivity contribution in [1.82, 2.24) is 0 Å². The monoisotopic (exact) mass is 894 g/mol. The maximum atomic E-state index is 2.63. The quantitative estimate of drug-likeness (QED) is 0.110. The molecule has 0 heterocycles. The normalized spacial score (nSPS) is 13.0. The lowest BCUT2D eigenvalue weighted by molar-refractivity contribution is 1.67. The van der Waals surface area contributed by atoms with Crippen molar-refractivity contribution in [2.75, 3.05) is 0 Å². The van der Waals surface area contributed by atoms with Crippen molar-refractivity contribution in [3.8, 4) is 33.4 Å².